The highest BCUT2D eigenvalue weighted by Crippen LogP contribution is 2.46. The van der Waals surface area contributed by atoms with Crippen molar-refractivity contribution in [1.29, 1.82) is 0 Å². The Labute approximate surface area is 206 Å². The first-order valence-electron chi connectivity index (χ1n) is 11.9. The number of pyridine rings is 1. The Morgan fingerprint density at radius 2 is 1.83 bits per heavy atom. The van der Waals surface area contributed by atoms with Gasteiger partial charge >= 0.3 is 0 Å². The Bertz CT molecular complexity index is 1410. The lowest BCUT2D eigenvalue weighted by atomic mass is 9.96. The Kier molecular flexibility index (Phi) is 6.45. The van der Waals surface area contributed by atoms with E-state index in [4.69, 9.17) is 18.4 Å². The maximum Gasteiger partial charge on any atom is 0.264 e. The van der Waals surface area contributed by atoms with E-state index in [1.54, 1.807) is 18.2 Å². The van der Waals surface area contributed by atoms with E-state index in [0.29, 0.717) is 52.4 Å². The number of hydrogen-bond donors (Lipinski definition) is 2. The molecule has 5 rings (SSSR count). The summed E-state index contributed by atoms with van der Waals surface area (Å²) in [7, 11) is 3.06. The summed E-state index contributed by atoms with van der Waals surface area (Å²) < 4.78 is 22.2. The molecule has 0 bridgehead atoms. The van der Waals surface area contributed by atoms with Crippen LogP contribution >= 0.6 is 0 Å². The Morgan fingerprint density at radius 1 is 1.08 bits per heavy atom. The standard InChI is InChI=1S/C25H27N5O6/c1-4-5-7-14-19(20-15(33-2)8-6-9-16(20)34-3)22(31)21(24(32)26-14)25-29-28-18(35-25)12-17-27-23(30-36-17)13-10-11-13/h6,8-9,13H,4-5,7,10-12H2,1-3H3,(H2,26,31,32). The van der Waals surface area contributed by atoms with Crippen molar-refractivity contribution < 1.29 is 23.5 Å². The molecule has 3 aromatic heterocycles. The number of hydrogen-bond acceptors (Lipinski definition) is 10. The lowest BCUT2D eigenvalue weighted by molar-refractivity contribution is 0.368. The minimum atomic E-state index is -0.541. The van der Waals surface area contributed by atoms with Crippen molar-refractivity contribution in [3.05, 3.63) is 51.9 Å². The van der Waals surface area contributed by atoms with E-state index >= 15 is 0 Å². The third-order valence-corrected chi connectivity index (χ3v) is 6.13. The monoisotopic (exact) mass is 493 g/mol. The Morgan fingerprint density at radius 3 is 2.50 bits per heavy atom. The van der Waals surface area contributed by atoms with Gasteiger partial charge in [0.2, 0.25) is 11.8 Å². The molecule has 0 saturated heterocycles. The summed E-state index contributed by atoms with van der Waals surface area (Å²) in [6, 6.07) is 5.31. The SMILES string of the molecule is CCCCc1[nH]c(=O)c(-c2nnc(Cc3nc(C4CC4)no3)o2)c(O)c1-c1c(OC)cccc1OC. The molecule has 2 N–H and O–H groups in total. The topological polar surface area (TPSA) is 149 Å². The average Bonchev–Trinajstić information content (AvgIpc) is 3.46. The summed E-state index contributed by atoms with van der Waals surface area (Å²) in [5.74, 6) is 2.11. The van der Waals surface area contributed by atoms with Gasteiger partial charge in [-0.1, -0.05) is 24.6 Å². The molecule has 1 aliphatic rings. The van der Waals surface area contributed by atoms with Gasteiger partial charge in [-0.05, 0) is 37.8 Å². The first kappa shape index (κ1) is 23.6. The smallest absolute Gasteiger partial charge is 0.264 e. The quantitative estimate of drug-likeness (QED) is 0.332. The highest BCUT2D eigenvalue weighted by atomic mass is 16.5. The summed E-state index contributed by atoms with van der Waals surface area (Å²) in [5, 5.41) is 23.5. The highest BCUT2D eigenvalue weighted by molar-refractivity contribution is 5.86. The molecule has 1 aliphatic carbocycles. The number of methoxy groups -OCH3 is 2. The Hall–Kier alpha value is -4.15. The van der Waals surface area contributed by atoms with Crippen LogP contribution in [-0.4, -0.2) is 44.6 Å². The summed E-state index contributed by atoms with van der Waals surface area (Å²) >= 11 is 0. The lowest BCUT2D eigenvalue weighted by Crippen LogP contribution is -2.14. The van der Waals surface area contributed by atoms with Crippen LogP contribution in [-0.2, 0) is 12.8 Å². The van der Waals surface area contributed by atoms with Crippen LogP contribution in [0.15, 0.2) is 31.9 Å². The van der Waals surface area contributed by atoms with Crippen molar-refractivity contribution >= 4 is 0 Å². The second-order valence-electron chi connectivity index (χ2n) is 8.67. The first-order chi connectivity index (χ1) is 17.5. The average molecular weight is 494 g/mol. The molecule has 4 aromatic rings. The van der Waals surface area contributed by atoms with Crippen molar-refractivity contribution in [2.75, 3.05) is 14.2 Å². The van der Waals surface area contributed by atoms with Crippen LogP contribution in [0.4, 0.5) is 0 Å². The number of nitrogens with zero attached hydrogens (tertiary/aromatic N) is 4. The molecule has 0 spiro atoms. The van der Waals surface area contributed by atoms with Crippen LogP contribution in [0.3, 0.4) is 0 Å². The second-order valence-corrected chi connectivity index (χ2v) is 8.67. The second kappa shape index (κ2) is 9.84. The molecular formula is C25H27N5O6. The van der Waals surface area contributed by atoms with Crippen molar-refractivity contribution in [2.24, 2.45) is 0 Å². The van der Waals surface area contributed by atoms with Gasteiger partial charge in [-0.25, -0.2) is 0 Å². The van der Waals surface area contributed by atoms with Crippen molar-refractivity contribution in [3.8, 4) is 39.8 Å². The van der Waals surface area contributed by atoms with Gasteiger partial charge in [0.1, 0.15) is 29.2 Å². The van der Waals surface area contributed by atoms with Crippen molar-refractivity contribution in [1.82, 2.24) is 25.3 Å². The maximum absolute atomic E-state index is 13.1. The zero-order valence-electron chi connectivity index (χ0n) is 20.3. The highest BCUT2D eigenvalue weighted by Gasteiger charge is 2.30. The van der Waals surface area contributed by atoms with Gasteiger partial charge in [0.05, 0.1) is 25.3 Å². The van der Waals surface area contributed by atoms with E-state index in [1.807, 2.05) is 6.92 Å². The summed E-state index contributed by atoms with van der Waals surface area (Å²) in [6.45, 7) is 2.05. The van der Waals surface area contributed by atoms with E-state index in [0.717, 1.165) is 25.7 Å². The van der Waals surface area contributed by atoms with Gasteiger partial charge in [-0.2, -0.15) is 4.98 Å². The fourth-order valence-electron chi connectivity index (χ4n) is 4.15. The van der Waals surface area contributed by atoms with Gasteiger partial charge in [-0.15, -0.1) is 10.2 Å². The van der Waals surface area contributed by atoms with E-state index in [1.165, 1.54) is 14.2 Å². The largest absolute Gasteiger partial charge is 0.506 e. The fourth-order valence-corrected chi connectivity index (χ4v) is 4.15. The molecular weight excluding hydrogens is 466 g/mol. The number of aromatic nitrogens is 5. The van der Waals surface area contributed by atoms with E-state index < -0.39 is 5.56 Å². The molecule has 36 heavy (non-hydrogen) atoms. The number of aryl methyl sites for hydroxylation is 1. The molecule has 0 unspecified atom stereocenters. The molecule has 188 valence electrons. The molecule has 0 amide bonds. The number of aromatic amines is 1. The van der Waals surface area contributed by atoms with Gasteiger partial charge in [0.15, 0.2) is 5.82 Å². The molecule has 3 heterocycles. The molecule has 1 aromatic carbocycles. The molecule has 0 atom stereocenters. The summed E-state index contributed by atoms with van der Waals surface area (Å²) in [5.41, 5.74) is 0.783. The zero-order valence-corrected chi connectivity index (χ0v) is 20.3. The number of nitrogens with one attached hydrogen (secondary N) is 1. The van der Waals surface area contributed by atoms with Crippen LogP contribution in [0.2, 0.25) is 0 Å². The third-order valence-electron chi connectivity index (χ3n) is 6.13. The normalized spacial score (nSPS) is 13.2. The molecule has 11 nitrogen and oxygen atoms in total. The van der Waals surface area contributed by atoms with Crippen molar-refractivity contribution in [3.63, 3.8) is 0 Å². The number of ether oxygens (including phenoxy) is 2. The van der Waals surface area contributed by atoms with E-state index in [2.05, 4.69) is 25.3 Å². The zero-order chi connectivity index (χ0) is 25.2. The van der Waals surface area contributed by atoms with Gasteiger partial charge in [-0.3, -0.25) is 4.79 Å². The Balaban J connectivity index is 1.59. The molecule has 1 saturated carbocycles. The van der Waals surface area contributed by atoms with Crippen molar-refractivity contribution in [2.45, 2.75) is 51.4 Å². The molecule has 1 fully saturated rings. The lowest BCUT2D eigenvalue weighted by Gasteiger charge is -2.18. The summed E-state index contributed by atoms with van der Waals surface area (Å²) in [6.07, 6.45) is 4.46. The third kappa shape index (κ3) is 4.43. The number of aromatic hydroxyl groups is 1. The minimum Gasteiger partial charge on any atom is -0.506 e. The first-order valence-corrected chi connectivity index (χ1v) is 11.9. The number of rotatable bonds is 10. The summed E-state index contributed by atoms with van der Waals surface area (Å²) in [4.78, 5) is 20.4. The number of benzene rings is 1. The fraction of sp³-hybridized carbons (Fsp3) is 0.400. The number of unbranched alkanes of at least 4 members (excludes halogenated alkanes) is 1. The maximum atomic E-state index is 13.1. The van der Waals surface area contributed by atoms with Crippen LogP contribution in [0.1, 0.15) is 61.8 Å². The van der Waals surface area contributed by atoms with Crippen LogP contribution in [0.25, 0.3) is 22.6 Å². The molecule has 11 heteroatoms. The van der Waals surface area contributed by atoms with Gasteiger partial charge in [0.25, 0.3) is 11.4 Å². The minimum absolute atomic E-state index is 0.118. The number of H-pyrrole nitrogens is 1. The van der Waals surface area contributed by atoms with E-state index in [9.17, 15) is 9.90 Å². The predicted octanol–water partition coefficient (Wildman–Crippen LogP) is 4.01. The van der Waals surface area contributed by atoms with Crippen LogP contribution in [0.5, 0.6) is 17.2 Å². The predicted molar refractivity (Wildman–Crippen MR) is 128 cm³/mol. The van der Waals surface area contributed by atoms with Crippen LogP contribution < -0.4 is 15.0 Å². The molecule has 0 aliphatic heterocycles. The van der Waals surface area contributed by atoms with Crippen LogP contribution in [0, 0.1) is 0 Å². The van der Waals surface area contributed by atoms with Gasteiger partial charge < -0.3 is 28.5 Å². The molecule has 0 radical (unpaired) electrons. The van der Waals surface area contributed by atoms with Gasteiger partial charge in [0, 0.05) is 11.6 Å². The van der Waals surface area contributed by atoms with E-state index in [-0.39, 0.29) is 29.5 Å².